The number of hydrogen-bond donors (Lipinski definition) is 0. The van der Waals surface area contributed by atoms with E-state index in [1.165, 1.54) is 0 Å². The van der Waals surface area contributed by atoms with Gasteiger partial charge in [0.25, 0.3) is 0 Å². The van der Waals surface area contributed by atoms with Crippen LogP contribution in [0.4, 0.5) is 0 Å². The molecule has 0 aromatic heterocycles. The SMILES string of the molecule is CCCC(C(=O)OCC)N(C)CC(C)CC. The summed E-state index contributed by atoms with van der Waals surface area (Å²) >= 11 is 0. The Kier molecular flexibility index (Phi) is 8.26. The molecule has 96 valence electrons. The lowest BCUT2D eigenvalue weighted by Gasteiger charge is -2.28. The second-order valence-corrected chi connectivity index (χ2v) is 4.51. The van der Waals surface area contributed by atoms with E-state index in [1.54, 1.807) is 0 Å². The first-order valence-electron chi connectivity index (χ1n) is 6.43. The van der Waals surface area contributed by atoms with Crippen LogP contribution in [0, 0.1) is 5.92 Å². The highest BCUT2D eigenvalue weighted by Crippen LogP contribution is 2.11. The minimum Gasteiger partial charge on any atom is -0.465 e. The van der Waals surface area contributed by atoms with Crippen molar-refractivity contribution >= 4 is 5.97 Å². The van der Waals surface area contributed by atoms with Crippen LogP contribution in [0.25, 0.3) is 0 Å². The number of nitrogens with zero attached hydrogens (tertiary/aromatic N) is 1. The fraction of sp³-hybridized carbons (Fsp3) is 0.923. The topological polar surface area (TPSA) is 29.5 Å². The van der Waals surface area contributed by atoms with Crippen molar-refractivity contribution in [3.05, 3.63) is 0 Å². The van der Waals surface area contributed by atoms with Crippen molar-refractivity contribution in [2.45, 2.75) is 53.0 Å². The van der Waals surface area contributed by atoms with E-state index in [0.29, 0.717) is 12.5 Å². The van der Waals surface area contributed by atoms with Crippen LogP contribution < -0.4 is 0 Å². The quantitative estimate of drug-likeness (QED) is 0.599. The van der Waals surface area contributed by atoms with Gasteiger partial charge in [-0.15, -0.1) is 0 Å². The maximum absolute atomic E-state index is 11.8. The molecule has 0 saturated carbocycles. The number of esters is 1. The molecule has 16 heavy (non-hydrogen) atoms. The van der Waals surface area contributed by atoms with Gasteiger partial charge in [0.15, 0.2) is 0 Å². The van der Waals surface area contributed by atoms with Gasteiger partial charge in [0.1, 0.15) is 6.04 Å². The Morgan fingerprint density at radius 1 is 1.31 bits per heavy atom. The number of ether oxygens (including phenoxy) is 1. The van der Waals surface area contributed by atoms with Crippen molar-refractivity contribution in [2.24, 2.45) is 5.92 Å². The molecule has 0 heterocycles. The third kappa shape index (κ3) is 5.50. The lowest BCUT2D eigenvalue weighted by atomic mass is 10.1. The van der Waals surface area contributed by atoms with Gasteiger partial charge in [-0.2, -0.15) is 0 Å². The molecular weight excluding hydrogens is 202 g/mol. The van der Waals surface area contributed by atoms with Gasteiger partial charge >= 0.3 is 5.97 Å². The number of carbonyl (C=O) groups excluding carboxylic acids is 1. The average molecular weight is 229 g/mol. The third-order valence-electron chi connectivity index (χ3n) is 2.95. The molecular formula is C13H27NO2. The number of rotatable bonds is 8. The zero-order valence-corrected chi connectivity index (χ0v) is 11.5. The summed E-state index contributed by atoms with van der Waals surface area (Å²) < 4.78 is 5.11. The molecule has 2 unspecified atom stereocenters. The first kappa shape index (κ1) is 15.4. The van der Waals surface area contributed by atoms with Crippen molar-refractivity contribution in [1.82, 2.24) is 4.90 Å². The molecule has 0 spiro atoms. The van der Waals surface area contributed by atoms with Crippen LogP contribution in [0.15, 0.2) is 0 Å². The van der Waals surface area contributed by atoms with Crippen LogP contribution >= 0.6 is 0 Å². The fourth-order valence-electron chi connectivity index (χ4n) is 1.78. The molecule has 2 atom stereocenters. The van der Waals surface area contributed by atoms with Gasteiger partial charge in [0.05, 0.1) is 6.61 Å². The van der Waals surface area contributed by atoms with Crippen LogP contribution in [0.3, 0.4) is 0 Å². The molecule has 0 fully saturated rings. The van der Waals surface area contributed by atoms with Crippen LogP contribution in [0.5, 0.6) is 0 Å². The van der Waals surface area contributed by atoms with E-state index in [0.717, 1.165) is 25.8 Å². The van der Waals surface area contributed by atoms with Crippen molar-refractivity contribution < 1.29 is 9.53 Å². The second kappa shape index (κ2) is 8.57. The lowest BCUT2D eigenvalue weighted by molar-refractivity contribution is -0.149. The molecule has 0 aromatic carbocycles. The summed E-state index contributed by atoms with van der Waals surface area (Å²) in [4.78, 5) is 13.9. The lowest BCUT2D eigenvalue weighted by Crippen LogP contribution is -2.41. The van der Waals surface area contributed by atoms with E-state index in [9.17, 15) is 4.79 Å². The molecule has 0 N–H and O–H groups in total. The van der Waals surface area contributed by atoms with Crippen molar-refractivity contribution in [3.63, 3.8) is 0 Å². The van der Waals surface area contributed by atoms with E-state index < -0.39 is 0 Å². The van der Waals surface area contributed by atoms with Gasteiger partial charge in [-0.1, -0.05) is 33.6 Å². The normalized spacial score (nSPS) is 14.9. The maximum atomic E-state index is 11.8. The molecule has 0 aliphatic carbocycles. The highest BCUT2D eigenvalue weighted by atomic mass is 16.5. The smallest absolute Gasteiger partial charge is 0.323 e. The summed E-state index contributed by atoms with van der Waals surface area (Å²) in [6, 6.07) is -0.0704. The van der Waals surface area contributed by atoms with Crippen molar-refractivity contribution in [2.75, 3.05) is 20.2 Å². The zero-order valence-electron chi connectivity index (χ0n) is 11.5. The van der Waals surface area contributed by atoms with Crippen LogP contribution in [-0.4, -0.2) is 37.1 Å². The monoisotopic (exact) mass is 229 g/mol. The number of likely N-dealkylation sites (N-methyl/N-ethyl adjacent to an activating group) is 1. The zero-order chi connectivity index (χ0) is 12.6. The van der Waals surface area contributed by atoms with Crippen LogP contribution in [-0.2, 0) is 9.53 Å². The summed E-state index contributed by atoms with van der Waals surface area (Å²) in [5.41, 5.74) is 0. The highest BCUT2D eigenvalue weighted by Gasteiger charge is 2.24. The molecule has 3 heteroatoms. The van der Waals surface area contributed by atoms with Gasteiger partial charge in [0.2, 0.25) is 0 Å². The van der Waals surface area contributed by atoms with Crippen molar-refractivity contribution in [3.8, 4) is 0 Å². The van der Waals surface area contributed by atoms with E-state index in [-0.39, 0.29) is 12.0 Å². The molecule has 0 amide bonds. The first-order valence-corrected chi connectivity index (χ1v) is 6.43. The average Bonchev–Trinajstić information content (AvgIpc) is 2.25. The first-order chi connectivity index (χ1) is 7.56. The summed E-state index contributed by atoms with van der Waals surface area (Å²) in [7, 11) is 2.02. The Bertz CT molecular complexity index is 194. The summed E-state index contributed by atoms with van der Waals surface area (Å²) in [5, 5.41) is 0. The Balaban J connectivity index is 4.32. The molecule has 0 radical (unpaired) electrons. The second-order valence-electron chi connectivity index (χ2n) is 4.51. The largest absolute Gasteiger partial charge is 0.465 e. The van der Waals surface area contributed by atoms with E-state index >= 15 is 0 Å². The predicted molar refractivity (Wildman–Crippen MR) is 67.4 cm³/mol. The van der Waals surface area contributed by atoms with E-state index in [2.05, 4.69) is 25.7 Å². The Labute approximate surface area is 100 Å². The van der Waals surface area contributed by atoms with Crippen molar-refractivity contribution in [1.29, 1.82) is 0 Å². The summed E-state index contributed by atoms with van der Waals surface area (Å²) in [6.45, 7) is 9.78. The van der Waals surface area contributed by atoms with Crippen LogP contribution in [0.1, 0.15) is 47.0 Å². The Morgan fingerprint density at radius 3 is 2.38 bits per heavy atom. The molecule has 0 saturated heterocycles. The van der Waals surface area contributed by atoms with Gasteiger partial charge in [0, 0.05) is 6.54 Å². The van der Waals surface area contributed by atoms with Gasteiger partial charge < -0.3 is 4.74 Å². The molecule has 0 aliphatic rings. The van der Waals surface area contributed by atoms with Gasteiger partial charge in [-0.05, 0) is 26.3 Å². The predicted octanol–water partition coefficient (Wildman–Crippen LogP) is 2.70. The Morgan fingerprint density at radius 2 is 1.94 bits per heavy atom. The third-order valence-corrected chi connectivity index (χ3v) is 2.95. The van der Waals surface area contributed by atoms with Gasteiger partial charge in [-0.25, -0.2) is 0 Å². The van der Waals surface area contributed by atoms with Gasteiger partial charge in [-0.3, -0.25) is 9.69 Å². The minimum atomic E-state index is -0.0739. The minimum absolute atomic E-state index is 0.0704. The molecule has 0 bridgehead atoms. The molecule has 0 rings (SSSR count). The Hall–Kier alpha value is -0.570. The standard InChI is InChI=1S/C13H27NO2/c1-6-9-12(13(15)16-8-3)14(5)10-11(4)7-2/h11-12H,6-10H2,1-5H3. The molecule has 3 nitrogen and oxygen atoms in total. The van der Waals surface area contributed by atoms with E-state index in [1.807, 2.05) is 14.0 Å². The summed E-state index contributed by atoms with van der Waals surface area (Å²) in [6.07, 6.45) is 3.03. The number of carbonyl (C=O) groups is 1. The fourth-order valence-corrected chi connectivity index (χ4v) is 1.78. The summed E-state index contributed by atoms with van der Waals surface area (Å²) in [5.74, 6) is 0.550. The van der Waals surface area contributed by atoms with Crippen LogP contribution in [0.2, 0.25) is 0 Å². The van der Waals surface area contributed by atoms with E-state index in [4.69, 9.17) is 4.74 Å². The number of hydrogen-bond acceptors (Lipinski definition) is 3. The maximum Gasteiger partial charge on any atom is 0.323 e. The molecule has 0 aliphatic heterocycles. The molecule has 0 aromatic rings. The highest BCUT2D eigenvalue weighted by molar-refractivity contribution is 5.75.